The quantitative estimate of drug-likeness (QED) is 0.354. The number of thiocarbonyl (C=S) groups is 1. The first-order chi connectivity index (χ1) is 17.4. The zero-order valence-corrected chi connectivity index (χ0v) is 23.2. The smallest absolute Gasteiger partial charge is 0.274 e. The Hall–Kier alpha value is -3.01. The zero-order chi connectivity index (χ0) is 26.9. The topological polar surface area (TPSA) is 98.1 Å². The van der Waals surface area contributed by atoms with E-state index >= 15 is 0 Å². The number of nitrogens with one attached hydrogen (secondary N) is 2. The molecule has 1 saturated carbocycles. The number of benzene rings is 1. The Morgan fingerprint density at radius 3 is 2.57 bits per heavy atom. The Balaban J connectivity index is 1.68. The molecule has 0 radical (unpaired) electrons. The predicted octanol–water partition coefficient (Wildman–Crippen LogP) is 5.82. The van der Waals surface area contributed by atoms with Crippen molar-refractivity contribution in [2.45, 2.75) is 46.6 Å². The highest BCUT2D eigenvalue weighted by atomic mass is 35.5. The molecular weight excluding hydrogens is 533 g/mol. The molecule has 0 aliphatic heterocycles. The van der Waals surface area contributed by atoms with E-state index in [0.29, 0.717) is 40.7 Å². The van der Waals surface area contributed by atoms with Gasteiger partial charge in [0.05, 0.1) is 16.3 Å². The highest BCUT2D eigenvalue weighted by molar-refractivity contribution is 7.80. The van der Waals surface area contributed by atoms with E-state index in [1.54, 1.807) is 31.3 Å². The molecule has 1 aromatic carbocycles. The normalized spacial score (nSPS) is 13.7. The molecule has 0 spiro atoms. The minimum Gasteiger partial charge on any atom is -0.473 e. The van der Waals surface area contributed by atoms with E-state index in [9.17, 15) is 9.59 Å². The molecule has 8 nitrogen and oxygen atoms in total. The van der Waals surface area contributed by atoms with E-state index in [2.05, 4.69) is 20.7 Å². The largest absolute Gasteiger partial charge is 0.473 e. The number of hydrogen-bond acceptors (Lipinski definition) is 6. The molecule has 1 aliphatic rings. The SMILES string of the molecule is Cc1cc(Cl)cc(C(=O)NCC(C)(C)C)c1NC(=O)c1cc(OC2CC(=S)C2)nn1-c1ncccc1Cl. The first-order valence-electron chi connectivity index (χ1n) is 11.7. The molecule has 1 fully saturated rings. The van der Waals surface area contributed by atoms with Crippen LogP contribution in [0.5, 0.6) is 5.88 Å². The van der Waals surface area contributed by atoms with E-state index in [-0.39, 0.29) is 40.4 Å². The molecule has 194 valence electrons. The maximum Gasteiger partial charge on any atom is 0.274 e. The van der Waals surface area contributed by atoms with Gasteiger partial charge in [0.1, 0.15) is 11.8 Å². The van der Waals surface area contributed by atoms with Crippen LogP contribution in [0.3, 0.4) is 0 Å². The Bertz CT molecular complexity index is 1380. The fourth-order valence-corrected chi connectivity index (χ4v) is 4.53. The van der Waals surface area contributed by atoms with Crippen molar-refractivity contribution in [1.29, 1.82) is 0 Å². The van der Waals surface area contributed by atoms with Crippen molar-refractivity contribution in [3.8, 4) is 11.7 Å². The fourth-order valence-electron chi connectivity index (χ4n) is 3.68. The van der Waals surface area contributed by atoms with Gasteiger partial charge in [0.25, 0.3) is 11.8 Å². The van der Waals surface area contributed by atoms with Gasteiger partial charge in [-0.25, -0.2) is 9.67 Å². The van der Waals surface area contributed by atoms with Gasteiger partial charge in [-0.05, 0) is 42.2 Å². The van der Waals surface area contributed by atoms with Gasteiger partial charge in [-0.1, -0.05) is 56.2 Å². The molecule has 2 heterocycles. The van der Waals surface area contributed by atoms with Crippen molar-refractivity contribution in [3.05, 3.63) is 63.4 Å². The van der Waals surface area contributed by atoms with Crippen LogP contribution in [0.4, 0.5) is 5.69 Å². The maximum absolute atomic E-state index is 13.6. The number of halogens is 2. The summed E-state index contributed by atoms with van der Waals surface area (Å²) in [5.41, 5.74) is 1.23. The summed E-state index contributed by atoms with van der Waals surface area (Å²) < 4.78 is 7.25. The lowest BCUT2D eigenvalue weighted by Gasteiger charge is -2.26. The standard InChI is InChI=1S/C26H27Cl2N5O3S/c1-14-8-15(27)9-18(24(34)30-13-26(2,3)4)22(14)31-25(35)20-12-21(36-16-10-17(37)11-16)32-33(20)23-19(28)6-5-7-29-23/h5-9,12,16H,10-11,13H2,1-4H3,(H,30,34)(H,31,35). The van der Waals surface area contributed by atoms with Crippen LogP contribution >= 0.6 is 35.4 Å². The first kappa shape index (κ1) is 27.0. The summed E-state index contributed by atoms with van der Waals surface area (Å²) in [7, 11) is 0. The summed E-state index contributed by atoms with van der Waals surface area (Å²) in [5.74, 6) is -0.356. The zero-order valence-electron chi connectivity index (χ0n) is 20.9. The van der Waals surface area contributed by atoms with E-state index in [1.807, 2.05) is 20.8 Å². The van der Waals surface area contributed by atoms with Gasteiger partial charge in [-0.3, -0.25) is 9.59 Å². The first-order valence-corrected chi connectivity index (χ1v) is 12.9. The molecule has 1 aliphatic carbocycles. The highest BCUT2D eigenvalue weighted by Gasteiger charge is 2.28. The van der Waals surface area contributed by atoms with Crippen LogP contribution in [0.2, 0.25) is 10.0 Å². The van der Waals surface area contributed by atoms with Crippen LogP contribution in [-0.2, 0) is 0 Å². The number of aryl methyl sites for hydroxylation is 1. The minimum absolute atomic E-state index is 0.0948. The van der Waals surface area contributed by atoms with Crippen molar-refractivity contribution in [3.63, 3.8) is 0 Å². The van der Waals surface area contributed by atoms with E-state index in [1.165, 1.54) is 16.8 Å². The van der Waals surface area contributed by atoms with Gasteiger partial charge in [-0.15, -0.1) is 5.10 Å². The molecule has 0 atom stereocenters. The van der Waals surface area contributed by atoms with E-state index in [4.69, 9.17) is 40.2 Å². The third-order valence-corrected chi connectivity index (χ3v) is 6.47. The summed E-state index contributed by atoms with van der Waals surface area (Å²) in [6.07, 6.45) is 2.77. The predicted molar refractivity (Wildman–Crippen MR) is 149 cm³/mol. The number of carbonyl (C=O) groups excluding carboxylic acids is 2. The third kappa shape index (κ3) is 6.47. The molecule has 0 saturated heterocycles. The maximum atomic E-state index is 13.6. The van der Waals surface area contributed by atoms with Crippen LogP contribution < -0.4 is 15.4 Å². The second-order valence-corrected chi connectivity index (χ2v) is 11.5. The monoisotopic (exact) mass is 559 g/mol. The molecule has 3 aromatic rings. The molecule has 4 rings (SSSR count). The second kappa shape index (κ2) is 10.8. The number of ether oxygens (including phenoxy) is 1. The van der Waals surface area contributed by atoms with Gasteiger partial charge >= 0.3 is 0 Å². The van der Waals surface area contributed by atoms with E-state index < -0.39 is 5.91 Å². The van der Waals surface area contributed by atoms with Gasteiger partial charge in [0.15, 0.2) is 5.82 Å². The summed E-state index contributed by atoms with van der Waals surface area (Å²) in [4.78, 5) is 31.9. The molecule has 11 heteroatoms. The molecule has 2 amide bonds. The number of rotatable bonds is 7. The average Bonchev–Trinajstić information content (AvgIpc) is 3.21. The molecule has 2 aromatic heterocycles. The van der Waals surface area contributed by atoms with Crippen LogP contribution in [-0.4, -0.2) is 44.1 Å². The summed E-state index contributed by atoms with van der Waals surface area (Å²) >= 11 is 17.8. The number of carbonyl (C=O) groups is 2. The van der Waals surface area contributed by atoms with Crippen molar-refractivity contribution >= 4 is 57.8 Å². The lowest BCUT2D eigenvalue weighted by Crippen LogP contribution is -2.33. The molecule has 2 N–H and O–H groups in total. The number of pyridine rings is 1. The number of amides is 2. The number of aromatic nitrogens is 3. The third-order valence-electron chi connectivity index (χ3n) is 5.62. The van der Waals surface area contributed by atoms with Crippen molar-refractivity contribution < 1.29 is 14.3 Å². The van der Waals surface area contributed by atoms with E-state index in [0.717, 1.165) is 4.86 Å². The van der Waals surface area contributed by atoms with Crippen LogP contribution in [0.1, 0.15) is 60.0 Å². The number of nitrogens with zero attached hydrogens (tertiary/aromatic N) is 3. The summed E-state index contributed by atoms with van der Waals surface area (Å²) in [6.45, 7) is 8.25. The Morgan fingerprint density at radius 2 is 1.92 bits per heavy atom. The minimum atomic E-state index is -0.525. The highest BCUT2D eigenvalue weighted by Crippen LogP contribution is 2.29. The molecule has 0 unspecified atom stereocenters. The van der Waals surface area contributed by atoms with Crippen LogP contribution in [0.15, 0.2) is 36.5 Å². The molecular formula is C26H27Cl2N5O3S. The average molecular weight is 561 g/mol. The Morgan fingerprint density at radius 1 is 1.19 bits per heavy atom. The van der Waals surface area contributed by atoms with Crippen molar-refractivity contribution in [2.75, 3.05) is 11.9 Å². The molecule has 0 bridgehead atoms. The number of hydrogen-bond donors (Lipinski definition) is 2. The van der Waals surface area contributed by atoms with Gasteiger partial charge in [0, 0.05) is 41.5 Å². The van der Waals surface area contributed by atoms with Gasteiger partial charge < -0.3 is 15.4 Å². The second-order valence-electron chi connectivity index (χ2n) is 10.1. The Kier molecular flexibility index (Phi) is 7.87. The van der Waals surface area contributed by atoms with Crippen molar-refractivity contribution in [1.82, 2.24) is 20.1 Å². The number of anilines is 1. The van der Waals surface area contributed by atoms with Crippen molar-refractivity contribution in [2.24, 2.45) is 5.41 Å². The van der Waals surface area contributed by atoms with Crippen LogP contribution in [0.25, 0.3) is 5.82 Å². The lowest BCUT2D eigenvalue weighted by atomic mass is 9.96. The van der Waals surface area contributed by atoms with Gasteiger partial charge in [0.2, 0.25) is 5.88 Å². The van der Waals surface area contributed by atoms with Gasteiger partial charge in [-0.2, -0.15) is 0 Å². The fraction of sp³-hybridized carbons (Fsp3) is 0.346. The Labute approximate surface area is 230 Å². The van der Waals surface area contributed by atoms with Crippen LogP contribution in [0, 0.1) is 12.3 Å². The lowest BCUT2D eigenvalue weighted by molar-refractivity contribution is 0.0940. The summed E-state index contributed by atoms with van der Waals surface area (Å²) in [6, 6.07) is 8.06. The summed E-state index contributed by atoms with van der Waals surface area (Å²) in [5, 5.41) is 10.9. The molecule has 37 heavy (non-hydrogen) atoms.